The number of nitrogens with zero attached hydrogens (tertiary/aromatic N) is 3. The number of amides is 1. The quantitative estimate of drug-likeness (QED) is 0.118. The Kier molecular flexibility index (Phi) is 11.6. The van der Waals surface area contributed by atoms with Crippen molar-refractivity contribution in [3.63, 3.8) is 0 Å². The summed E-state index contributed by atoms with van der Waals surface area (Å²) in [7, 11) is 0. The molecule has 1 aromatic heterocycles. The molecule has 0 spiro atoms. The van der Waals surface area contributed by atoms with Crippen LogP contribution in [0.5, 0.6) is 23.1 Å². The molecule has 0 N–H and O–H groups in total. The highest BCUT2D eigenvalue weighted by Gasteiger charge is 2.19. The average Bonchev–Trinajstić information content (AvgIpc) is 3.13. The molecule has 0 aliphatic carbocycles. The first-order valence-electron chi connectivity index (χ1n) is 17.3. The third-order valence-corrected chi connectivity index (χ3v) is 8.90. The van der Waals surface area contributed by atoms with Crippen LogP contribution in [-0.2, 0) is 24.4 Å². The van der Waals surface area contributed by atoms with E-state index in [1.165, 1.54) is 22.3 Å². The van der Waals surface area contributed by atoms with Crippen LogP contribution in [0.1, 0.15) is 38.9 Å². The molecule has 1 amide bonds. The van der Waals surface area contributed by atoms with Gasteiger partial charge in [-0.05, 0) is 85.0 Å². The molecule has 0 saturated carbocycles. The standard InChI is InChI=1S/C43H45N3O4/c1-32-4-8-37(9-5-32)31-49-41-19-20-42(44-29-41)50-40-18-14-38(34(3)28-40)15-21-43(47)46-25-23-45(24-26-46)30-36-12-10-35(11-13-36)22-27-48-39-16-6-33(2)7-17-39/h4-21,28-29H,22-27,30-31H2,1-3H3. The van der Waals surface area contributed by atoms with Gasteiger partial charge >= 0.3 is 0 Å². The van der Waals surface area contributed by atoms with Gasteiger partial charge < -0.3 is 19.1 Å². The Bertz CT molecular complexity index is 1860. The summed E-state index contributed by atoms with van der Waals surface area (Å²) < 4.78 is 17.7. The van der Waals surface area contributed by atoms with Crippen molar-refractivity contribution in [1.82, 2.24) is 14.8 Å². The van der Waals surface area contributed by atoms with E-state index >= 15 is 0 Å². The SMILES string of the molecule is Cc1ccc(COc2ccc(Oc3ccc(C=CC(=O)N4CCN(Cc5ccc(CCOc6ccc(C)cc6)cc5)CC4)c(C)c3)nc2)cc1. The first-order valence-corrected chi connectivity index (χ1v) is 17.3. The molecular weight excluding hydrogens is 622 g/mol. The van der Waals surface area contributed by atoms with Gasteiger partial charge in [-0.1, -0.05) is 77.9 Å². The summed E-state index contributed by atoms with van der Waals surface area (Å²) in [6.07, 6.45) is 6.11. The number of aryl methyl sites for hydroxylation is 3. The molecule has 0 atom stereocenters. The van der Waals surface area contributed by atoms with Crippen LogP contribution >= 0.6 is 0 Å². The van der Waals surface area contributed by atoms with Crippen LogP contribution in [0.4, 0.5) is 0 Å². The van der Waals surface area contributed by atoms with Crippen molar-refractivity contribution in [3.05, 3.63) is 154 Å². The predicted octanol–water partition coefficient (Wildman–Crippen LogP) is 8.36. The molecule has 1 aliphatic heterocycles. The lowest BCUT2D eigenvalue weighted by molar-refractivity contribution is -0.127. The Hall–Kier alpha value is -5.40. The highest BCUT2D eigenvalue weighted by molar-refractivity contribution is 5.92. The molecule has 6 rings (SSSR count). The molecule has 0 unspecified atom stereocenters. The van der Waals surface area contributed by atoms with E-state index in [1.807, 2.05) is 54.3 Å². The van der Waals surface area contributed by atoms with Crippen LogP contribution in [0.3, 0.4) is 0 Å². The maximum atomic E-state index is 13.0. The minimum absolute atomic E-state index is 0.0375. The zero-order chi connectivity index (χ0) is 34.7. The van der Waals surface area contributed by atoms with Gasteiger partial charge in [0.25, 0.3) is 0 Å². The van der Waals surface area contributed by atoms with Crippen molar-refractivity contribution in [3.8, 4) is 23.1 Å². The number of hydrogen-bond donors (Lipinski definition) is 0. The molecule has 7 nitrogen and oxygen atoms in total. The molecular formula is C43H45N3O4. The second kappa shape index (κ2) is 16.8. The van der Waals surface area contributed by atoms with E-state index in [0.717, 1.165) is 48.5 Å². The summed E-state index contributed by atoms with van der Waals surface area (Å²) >= 11 is 0. The Morgan fingerprint density at radius 2 is 1.34 bits per heavy atom. The molecule has 1 aliphatic rings. The molecule has 0 radical (unpaired) electrons. The lowest BCUT2D eigenvalue weighted by Crippen LogP contribution is -2.47. The second-order valence-electron chi connectivity index (χ2n) is 12.9. The van der Waals surface area contributed by atoms with Gasteiger partial charge in [0.1, 0.15) is 23.9 Å². The van der Waals surface area contributed by atoms with Gasteiger partial charge in [0.2, 0.25) is 11.8 Å². The van der Waals surface area contributed by atoms with Gasteiger partial charge in [-0.2, -0.15) is 0 Å². The number of benzene rings is 4. The Morgan fingerprint density at radius 1 is 0.700 bits per heavy atom. The number of rotatable bonds is 13. The van der Waals surface area contributed by atoms with Gasteiger partial charge in [0, 0.05) is 51.3 Å². The maximum absolute atomic E-state index is 13.0. The molecule has 5 aromatic rings. The Labute approximate surface area is 295 Å². The Balaban J connectivity index is 0.911. The summed E-state index contributed by atoms with van der Waals surface area (Å²) in [4.78, 5) is 21.8. The van der Waals surface area contributed by atoms with E-state index in [4.69, 9.17) is 14.2 Å². The summed E-state index contributed by atoms with van der Waals surface area (Å²) in [5, 5.41) is 0. The molecule has 0 bridgehead atoms. The highest BCUT2D eigenvalue weighted by atomic mass is 16.5. The number of carbonyl (C=O) groups is 1. The van der Waals surface area contributed by atoms with Gasteiger partial charge in [0.05, 0.1) is 12.8 Å². The Morgan fingerprint density at radius 3 is 2.02 bits per heavy atom. The van der Waals surface area contributed by atoms with Gasteiger partial charge in [0.15, 0.2) is 0 Å². The molecule has 7 heteroatoms. The third-order valence-electron chi connectivity index (χ3n) is 8.90. The minimum atomic E-state index is 0.0375. The minimum Gasteiger partial charge on any atom is -0.493 e. The summed E-state index contributed by atoms with van der Waals surface area (Å²) in [5.41, 5.74) is 8.10. The molecule has 256 valence electrons. The maximum Gasteiger partial charge on any atom is 0.246 e. The molecule has 50 heavy (non-hydrogen) atoms. The van der Waals surface area contributed by atoms with Gasteiger partial charge in [-0.15, -0.1) is 0 Å². The van der Waals surface area contributed by atoms with Crippen molar-refractivity contribution in [2.45, 2.75) is 40.3 Å². The van der Waals surface area contributed by atoms with Gasteiger partial charge in [-0.3, -0.25) is 9.69 Å². The van der Waals surface area contributed by atoms with E-state index in [-0.39, 0.29) is 5.91 Å². The van der Waals surface area contributed by atoms with E-state index in [1.54, 1.807) is 18.3 Å². The largest absolute Gasteiger partial charge is 0.493 e. The first kappa shape index (κ1) is 34.5. The number of ether oxygens (including phenoxy) is 3. The molecule has 1 fully saturated rings. The van der Waals surface area contributed by atoms with Crippen molar-refractivity contribution in [2.24, 2.45) is 0 Å². The van der Waals surface area contributed by atoms with E-state index in [2.05, 4.69) is 84.4 Å². The normalized spacial score (nSPS) is 13.4. The second-order valence-corrected chi connectivity index (χ2v) is 12.9. The van der Waals surface area contributed by atoms with E-state index < -0.39 is 0 Å². The zero-order valence-corrected chi connectivity index (χ0v) is 29.2. The smallest absolute Gasteiger partial charge is 0.246 e. The van der Waals surface area contributed by atoms with Crippen molar-refractivity contribution in [1.29, 1.82) is 0 Å². The first-order chi connectivity index (χ1) is 24.4. The van der Waals surface area contributed by atoms with E-state index in [0.29, 0.717) is 43.7 Å². The van der Waals surface area contributed by atoms with Crippen molar-refractivity contribution in [2.75, 3.05) is 32.8 Å². The zero-order valence-electron chi connectivity index (χ0n) is 29.2. The lowest BCUT2D eigenvalue weighted by Gasteiger charge is -2.34. The monoisotopic (exact) mass is 667 g/mol. The molecule has 4 aromatic carbocycles. The van der Waals surface area contributed by atoms with Gasteiger partial charge in [-0.25, -0.2) is 4.98 Å². The number of aromatic nitrogens is 1. The number of carbonyl (C=O) groups excluding carboxylic acids is 1. The highest BCUT2D eigenvalue weighted by Crippen LogP contribution is 2.25. The average molecular weight is 668 g/mol. The van der Waals surface area contributed by atoms with Crippen molar-refractivity contribution >= 4 is 12.0 Å². The predicted molar refractivity (Wildman–Crippen MR) is 199 cm³/mol. The lowest BCUT2D eigenvalue weighted by atomic mass is 10.1. The summed E-state index contributed by atoms with van der Waals surface area (Å²) in [6, 6.07) is 34.7. The number of hydrogen-bond acceptors (Lipinski definition) is 6. The van der Waals surface area contributed by atoms with E-state index in [9.17, 15) is 4.79 Å². The fraction of sp³-hybridized carbons (Fsp3) is 0.256. The summed E-state index contributed by atoms with van der Waals surface area (Å²) in [6.45, 7) is 11.3. The molecule has 2 heterocycles. The third kappa shape index (κ3) is 10.1. The van der Waals surface area contributed by atoms with Crippen LogP contribution in [0.2, 0.25) is 0 Å². The number of pyridine rings is 1. The van der Waals surface area contributed by atoms with Crippen molar-refractivity contribution < 1.29 is 19.0 Å². The molecule has 1 saturated heterocycles. The fourth-order valence-electron chi connectivity index (χ4n) is 5.77. The van der Waals surface area contributed by atoms with Crippen LogP contribution in [-0.4, -0.2) is 53.5 Å². The number of piperazine rings is 1. The summed E-state index contributed by atoms with van der Waals surface area (Å²) in [5.74, 6) is 2.80. The van der Waals surface area contributed by atoms with Crippen LogP contribution in [0.25, 0.3) is 6.08 Å². The van der Waals surface area contributed by atoms with Crippen LogP contribution in [0.15, 0.2) is 115 Å². The topological polar surface area (TPSA) is 64.1 Å². The van der Waals surface area contributed by atoms with Crippen LogP contribution in [0, 0.1) is 20.8 Å². The fourth-order valence-corrected chi connectivity index (χ4v) is 5.77. The van der Waals surface area contributed by atoms with Crippen LogP contribution < -0.4 is 14.2 Å².